The van der Waals surface area contributed by atoms with Crippen molar-refractivity contribution in [2.75, 3.05) is 30.3 Å². The lowest BCUT2D eigenvalue weighted by Crippen LogP contribution is -2.27. The Balaban J connectivity index is 1.82. The van der Waals surface area contributed by atoms with E-state index in [1.165, 1.54) is 12.1 Å². The molecule has 1 aromatic carbocycles. The molecule has 1 aromatic heterocycles. The van der Waals surface area contributed by atoms with E-state index in [-0.39, 0.29) is 11.8 Å². The summed E-state index contributed by atoms with van der Waals surface area (Å²) in [5.41, 5.74) is 4.60. The zero-order valence-corrected chi connectivity index (χ0v) is 17.3. The fourth-order valence-corrected chi connectivity index (χ4v) is 3.56. The van der Waals surface area contributed by atoms with Crippen LogP contribution >= 0.6 is 0 Å². The van der Waals surface area contributed by atoms with Crippen LogP contribution in [0.15, 0.2) is 18.2 Å². The minimum absolute atomic E-state index is 0.0488. The first-order valence-corrected chi connectivity index (χ1v) is 9.88. The molecule has 2 amide bonds. The maximum Gasteiger partial charge on any atom is 0.256 e. The predicted molar refractivity (Wildman–Crippen MR) is 114 cm³/mol. The molecule has 2 heterocycles. The lowest BCUT2D eigenvalue weighted by Gasteiger charge is -2.17. The van der Waals surface area contributed by atoms with Crippen molar-refractivity contribution in [3.63, 3.8) is 0 Å². The Hall–Kier alpha value is -2.93. The van der Waals surface area contributed by atoms with Gasteiger partial charge in [-0.3, -0.25) is 9.59 Å². The van der Waals surface area contributed by atoms with Crippen LogP contribution in [0, 0.1) is 19.7 Å². The number of nitrogens with one attached hydrogen (secondary N) is 3. The third-order valence-corrected chi connectivity index (χ3v) is 5.34. The van der Waals surface area contributed by atoms with Gasteiger partial charge in [-0.2, -0.15) is 0 Å². The Morgan fingerprint density at radius 2 is 1.97 bits per heavy atom. The van der Waals surface area contributed by atoms with E-state index in [0.29, 0.717) is 35.5 Å². The van der Waals surface area contributed by atoms with Gasteiger partial charge in [-0.15, -0.1) is 0 Å². The Morgan fingerprint density at radius 3 is 2.66 bits per heavy atom. The number of carbonyl (C=O) groups excluding carboxylic acids is 2. The first kappa shape index (κ1) is 20.8. The number of fused-ring (bicyclic) bond motifs is 1. The number of H-pyrrole nitrogens is 1. The van der Waals surface area contributed by atoms with Gasteiger partial charge >= 0.3 is 0 Å². The number of benzene rings is 1. The molecule has 1 aliphatic rings. The first-order chi connectivity index (χ1) is 13.8. The third-order valence-electron chi connectivity index (χ3n) is 5.34. The number of hydrogen-bond donors (Lipinski definition) is 3. The van der Waals surface area contributed by atoms with Gasteiger partial charge in [-0.25, -0.2) is 4.39 Å². The van der Waals surface area contributed by atoms with Crippen molar-refractivity contribution in [1.29, 1.82) is 0 Å². The molecule has 0 spiro atoms. The lowest BCUT2D eigenvalue weighted by atomic mass is 10.0. The molecule has 0 atom stereocenters. The van der Waals surface area contributed by atoms with E-state index in [0.717, 1.165) is 30.0 Å². The average Bonchev–Trinajstić information content (AvgIpc) is 3.13. The summed E-state index contributed by atoms with van der Waals surface area (Å²) < 4.78 is 13.6. The highest BCUT2D eigenvalue weighted by Gasteiger charge is 2.25. The van der Waals surface area contributed by atoms with Gasteiger partial charge in [0, 0.05) is 35.6 Å². The maximum atomic E-state index is 13.6. The molecule has 3 N–H and O–H groups in total. The number of amides is 2. The minimum atomic E-state index is -0.397. The molecule has 7 heteroatoms. The number of aryl methyl sites for hydroxylation is 1. The summed E-state index contributed by atoms with van der Waals surface area (Å²) in [5.74, 6) is -0.721. The second-order valence-electron chi connectivity index (χ2n) is 7.19. The highest BCUT2D eigenvalue weighted by atomic mass is 19.1. The fraction of sp³-hybridized carbons (Fsp3) is 0.364. The number of aromatic nitrogens is 1. The number of nitrogens with zero attached hydrogens (tertiary/aromatic N) is 1. The molecule has 1 aliphatic heterocycles. The van der Waals surface area contributed by atoms with Crippen molar-refractivity contribution in [2.24, 2.45) is 0 Å². The van der Waals surface area contributed by atoms with Gasteiger partial charge in [0.25, 0.3) is 5.91 Å². The van der Waals surface area contributed by atoms with Crippen molar-refractivity contribution in [3.8, 4) is 0 Å². The van der Waals surface area contributed by atoms with Crippen molar-refractivity contribution in [1.82, 2.24) is 9.88 Å². The van der Waals surface area contributed by atoms with E-state index in [4.69, 9.17) is 0 Å². The molecule has 0 unspecified atom stereocenters. The maximum absolute atomic E-state index is 13.6. The number of rotatable bonds is 7. The van der Waals surface area contributed by atoms with E-state index in [1.807, 2.05) is 13.8 Å². The number of anilines is 2. The monoisotopic (exact) mass is 398 g/mol. The predicted octanol–water partition coefficient (Wildman–Crippen LogP) is 3.93. The Labute approximate surface area is 170 Å². The van der Waals surface area contributed by atoms with E-state index < -0.39 is 5.82 Å². The van der Waals surface area contributed by atoms with Crippen LogP contribution in [0.2, 0.25) is 0 Å². The van der Waals surface area contributed by atoms with Crippen LogP contribution in [0.25, 0.3) is 11.6 Å². The molecule has 0 radical (unpaired) electrons. The molecular weight excluding hydrogens is 371 g/mol. The number of halogens is 1. The van der Waals surface area contributed by atoms with Crippen LogP contribution in [0.5, 0.6) is 0 Å². The summed E-state index contributed by atoms with van der Waals surface area (Å²) >= 11 is 0. The van der Waals surface area contributed by atoms with Crippen LogP contribution in [0.1, 0.15) is 42.8 Å². The highest BCUT2D eigenvalue weighted by molar-refractivity contribution is 6.34. The standard InChI is InChI=1S/C22H27FN4O2/c1-5-27(6-2)10-9-20(28)26-21-13(3)19(24-14(21)4)12-17-16-11-15(23)7-8-18(16)25-22(17)29/h7-8,11-12,24H,5-6,9-10H2,1-4H3,(H,25,29)(H,26,28). The summed E-state index contributed by atoms with van der Waals surface area (Å²) in [5, 5.41) is 5.72. The molecule has 2 aromatic rings. The minimum Gasteiger partial charge on any atom is -0.357 e. The zero-order valence-electron chi connectivity index (χ0n) is 17.3. The Bertz CT molecular complexity index is 973. The van der Waals surface area contributed by atoms with E-state index in [2.05, 4.69) is 34.4 Å². The van der Waals surface area contributed by atoms with Gasteiger partial charge < -0.3 is 20.5 Å². The van der Waals surface area contributed by atoms with Crippen molar-refractivity contribution < 1.29 is 14.0 Å². The van der Waals surface area contributed by atoms with Crippen LogP contribution < -0.4 is 10.6 Å². The second kappa shape index (κ2) is 8.61. The molecule has 3 rings (SSSR count). The summed E-state index contributed by atoms with van der Waals surface area (Å²) in [6.07, 6.45) is 2.12. The van der Waals surface area contributed by atoms with Crippen molar-refractivity contribution >= 4 is 34.8 Å². The molecule has 29 heavy (non-hydrogen) atoms. The molecule has 0 aliphatic carbocycles. The second-order valence-corrected chi connectivity index (χ2v) is 7.19. The number of aromatic amines is 1. The molecular formula is C22H27FN4O2. The largest absolute Gasteiger partial charge is 0.357 e. The number of hydrogen-bond acceptors (Lipinski definition) is 3. The summed E-state index contributed by atoms with van der Waals surface area (Å²) in [6, 6.07) is 4.22. The zero-order chi connectivity index (χ0) is 21.1. The summed E-state index contributed by atoms with van der Waals surface area (Å²) in [7, 11) is 0. The smallest absolute Gasteiger partial charge is 0.256 e. The fourth-order valence-electron chi connectivity index (χ4n) is 3.56. The highest BCUT2D eigenvalue weighted by Crippen LogP contribution is 2.35. The number of carbonyl (C=O) groups is 2. The molecule has 0 saturated heterocycles. The van der Waals surface area contributed by atoms with Crippen LogP contribution in [0.4, 0.5) is 15.8 Å². The lowest BCUT2D eigenvalue weighted by molar-refractivity contribution is -0.116. The van der Waals surface area contributed by atoms with Gasteiger partial charge in [0.05, 0.1) is 11.3 Å². The molecule has 0 bridgehead atoms. The Kier molecular flexibility index (Phi) is 6.17. The topological polar surface area (TPSA) is 77.2 Å². The SMILES string of the molecule is CCN(CC)CCC(=O)Nc1c(C)[nH]c(C=C2C(=O)Nc3ccc(F)cc32)c1C. The molecule has 0 fully saturated rings. The third kappa shape index (κ3) is 4.40. The van der Waals surface area contributed by atoms with Gasteiger partial charge in [-0.05, 0) is 56.8 Å². The van der Waals surface area contributed by atoms with Gasteiger partial charge in [0.2, 0.25) is 5.91 Å². The van der Waals surface area contributed by atoms with E-state index in [1.54, 1.807) is 12.1 Å². The van der Waals surface area contributed by atoms with Crippen LogP contribution in [-0.2, 0) is 9.59 Å². The normalized spacial score (nSPS) is 14.4. The molecule has 0 saturated carbocycles. The van der Waals surface area contributed by atoms with Crippen LogP contribution in [0.3, 0.4) is 0 Å². The average molecular weight is 398 g/mol. The van der Waals surface area contributed by atoms with Crippen molar-refractivity contribution in [3.05, 3.63) is 46.5 Å². The van der Waals surface area contributed by atoms with Crippen LogP contribution in [-0.4, -0.2) is 41.3 Å². The van der Waals surface area contributed by atoms with Crippen molar-refractivity contribution in [2.45, 2.75) is 34.1 Å². The van der Waals surface area contributed by atoms with Gasteiger partial charge in [0.15, 0.2) is 0 Å². The summed E-state index contributed by atoms with van der Waals surface area (Å²) in [4.78, 5) is 30.1. The molecule has 6 nitrogen and oxygen atoms in total. The van der Waals surface area contributed by atoms with E-state index >= 15 is 0 Å². The van der Waals surface area contributed by atoms with Gasteiger partial charge in [0.1, 0.15) is 5.82 Å². The quantitative estimate of drug-likeness (QED) is 0.619. The van der Waals surface area contributed by atoms with Gasteiger partial charge in [-0.1, -0.05) is 13.8 Å². The summed E-state index contributed by atoms with van der Waals surface area (Å²) in [6.45, 7) is 10.4. The molecule has 154 valence electrons. The Morgan fingerprint density at radius 1 is 1.24 bits per heavy atom. The first-order valence-electron chi connectivity index (χ1n) is 9.88. The van der Waals surface area contributed by atoms with E-state index in [9.17, 15) is 14.0 Å².